The molecular weight excluding hydrogens is 236 g/mol. The van der Waals surface area contributed by atoms with Crippen LogP contribution in [0.25, 0.3) is 0 Å². The highest BCUT2D eigenvalue weighted by Crippen LogP contribution is 2.28. The number of hydrogen-bond donors (Lipinski definition) is 2. The Morgan fingerprint density at radius 2 is 1.84 bits per heavy atom. The first kappa shape index (κ1) is 16.5. The molecule has 0 aromatic carbocycles. The number of carbonyl (C=O) groups excluding carboxylic acids is 1. The summed E-state index contributed by atoms with van der Waals surface area (Å²) in [6.45, 7) is 8.29. The van der Waals surface area contributed by atoms with Crippen LogP contribution >= 0.6 is 0 Å². The molecule has 3 heteroatoms. The predicted molar refractivity (Wildman–Crippen MR) is 80.8 cm³/mol. The number of nitrogens with two attached hydrogens (primary N) is 1. The van der Waals surface area contributed by atoms with E-state index < -0.39 is 0 Å². The molecule has 1 fully saturated rings. The fourth-order valence-corrected chi connectivity index (χ4v) is 2.85. The fraction of sp³-hybridized carbons (Fsp3) is 0.938. The summed E-state index contributed by atoms with van der Waals surface area (Å²) in [6, 6.07) is 0. The van der Waals surface area contributed by atoms with Gasteiger partial charge in [-0.1, -0.05) is 33.6 Å². The van der Waals surface area contributed by atoms with Gasteiger partial charge in [0, 0.05) is 13.0 Å². The first-order valence-electron chi connectivity index (χ1n) is 7.90. The highest BCUT2D eigenvalue weighted by atomic mass is 16.1. The van der Waals surface area contributed by atoms with Gasteiger partial charge in [0.25, 0.3) is 0 Å². The molecule has 0 aliphatic heterocycles. The van der Waals surface area contributed by atoms with Crippen LogP contribution in [0.3, 0.4) is 0 Å². The van der Waals surface area contributed by atoms with Crippen molar-refractivity contribution in [2.45, 2.75) is 65.7 Å². The van der Waals surface area contributed by atoms with E-state index in [9.17, 15) is 4.79 Å². The molecule has 0 radical (unpaired) electrons. The Balaban J connectivity index is 2.14. The van der Waals surface area contributed by atoms with Gasteiger partial charge in [0.05, 0.1) is 0 Å². The molecule has 1 saturated carbocycles. The molecule has 19 heavy (non-hydrogen) atoms. The summed E-state index contributed by atoms with van der Waals surface area (Å²) < 4.78 is 0. The van der Waals surface area contributed by atoms with Crippen LogP contribution in [0, 0.1) is 17.3 Å². The first-order valence-corrected chi connectivity index (χ1v) is 7.90. The Morgan fingerprint density at radius 1 is 1.21 bits per heavy atom. The lowest BCUT2D eigenvalue weighted by molar-refractivity contribution is -0.121. The van der Waals surface area contributed by atoms with Crippen molar-refractivity contribution in [2.24, 2.45) is 23.0 Å². The summed E-state index contributed by atoms with van der Waals surface area (Å²) in [5, 5.41) is 3.11. The maximum atomic E-state index is 11.9. The van der Waals surface area contributed by atoms with Crippen LogP contribution in [0.15, 0.2) is 0 Å². The maximum Gasteiger partial charge on any atom is 0.220 e. The van der Waals surface area contributed by atoms with Gasteiger partial charge < -0.3 is 11.1 Å². The third-order valence-electron chi connectivity index (χ3n) is 4.57. The monoisotopic (exact) mass is 268 g/mol. The van der Waals surface area contributed by atoms with Gasteiger partial charge in [-0.15, -0.1) is 0 Å². The van der Waals surface area contributed by atoms with Gasteiger partial charge in [0.2, 0.25) is 5.91 Å². The van der Waals surface area contributed by atoms with Crippen LogP contribution in [0.5, 0.6) is 0 Å². The van der Waals surface area contributed by atoms with E-state index in [1.54, 1.807) is 0 Å². The molecule has 1 amide bonds. The Morgan fingerprint density at radius 3 is 2.42 bits per heavy atom. The van der Waals surface area contributed by atoms with Gasteiger partial charge in [0.15, 0.2) is 0 Å². The van der Waals surface area contributed by atoms with Gasteiger partial charge in [-0.25, -0.2) is 0 Å². The van der Waals surface area contributed by atoms with Gasteiger partial charge in [-0.05, 0) is 49.5 Å². The number of hydrogen-bond acceptors (Lipinski definition) is 2. The second-order valence-corrected chi connectivity index (χ2v) is 7.13. The van der Waals surface area contributed by atoms with Crippen LogP contribution in [0.2, 0.25) is 0 Å². The van der Waals surface area contributed by atoms with Crippen LogP contribution in [0.4, 0.5) is 0 Å². The van der Waals surface area contributed by atoms with E-state index in [-0.39, 0.29) is 11.3 Å². The van der Waals surface area contributed by atoms with E-state index >= 15 is 0 Å². The van der Waals surface area contributed by atoms with Crippen molar-refractivity contribution >= 4 is 5.91 Å². The fourth-order valence-electron chi connectivity index (χ4n) is 2.85. The zero-order chi connectivity index (χ0) is 14.3. The summed E-state index contributed by atoms with van der Waals surface area (Å²) in [5.74, 6) is 1.80. The SMILES string of the molecule is CC1CCC(CNC(=O)CCC(C)(C)CCN)CC1. The standard InChI is InChI=1S/C16H32N2O/c1-13-4-6-14(7-5-13)12-18-15(19)8-9-16(2,3)10-11-17/h13-14H,4-12,17H2,1-3H3,(H,18,19). The normalized spacial score (nSPS) is 24.2. The summed E-state index contributed by atoms with van der Waals surface area (Å²) in [6.07, 6.45) is 7.75. The van der Waals surface area contributed by atoms with E-state index in [1.165, 1.54) is 25.7 Å². The third-order valence-corrected chi connectivity index (χ3v) is 4.57. The maximum absolute atomic E-state index is 11.9. The average Bonchev–Trinajstić information content (AvgIpc) is 2.36. The topological polar surface area (TPSA) is 55.1 Å². The van der Waals surface area contributed by atoms with E-state index in [0.717, 1.165) is 25.3 Å². The van der Waals surface area contributed by atoms with Crippen LogP contribution in [0.1, 0.15) is 65.7 Å². The van der Waals surface area contributed by atoms with E-state index in [2.05, 4.69) is 26.1 Å². The zero-order valence-corrected chi connectivity index (χ0v) is 13.0. The summed E-state index contributed by atoms with van der Waals surface area (Å²) >= 11 is 0. The Labute approximate surface area is 118 Å². The van der Waals surface area contributed by atoms with Gasteiger partial charge >= 0.3 is 0 Å². The molecule has 0 unspecified atom stereocenters. The minimum Gasteiger partial charge on any atom is -0.356 e. The quantitative estimate of drug-likeness (QED) is 0.745. The molecule has 0 bridgehead atoms. The molecule has 0 saturated heterocycles. The molecule has 1 aliphatic rings. The molecular formula is C16H32N2O. The first-order chi connectivity index (χ1) is 8.93. The minimum absolute atomic E-state index is 0.187. The van der Waals surface area contributed by atoms with Crippen LogP contribution < -0.4 is 11.1 Å². The van der Waals surface area contributed by atoms with Crippen molar-refractivity contribution in [1.82, 2.24) is 5.32 Å². The number of amides is 1. The molecule has 3 N–H and O–H groups in total. The van der Waals surface area contributed by atoms with Gasteiger partial charge in [-0.3, -0.25) is 4.79 Å². The Kier molecular flexibility index (Phi) is 6.84. The molecule has 3 nitrogen and oxygen atoms in total. The third kappa shape index (κ3) is 6.95. The highest BCUT2D eigenvalue weighted by molar-refractivity contribution is 5.75. The largest absolute Gasteiger partial charge is 0.356 e. The molecule has 1 rings (SSSR count). The molecule has 1 aliphatic carbocycles. The molecule has 0 aromatic heterocycles. The molecule has 0 atom stereocenters. The van der Waals surface area contributed by atoms with Crippen molar-refractivity contribution in [1.29, 1.82) is 0 Å². The van der Waals surface area contributed by atoms with Gasteiger partial charge in [-0.2, -0.15) is 0 Å². The van der Waals surface area contributed by atoms with Crippen molar-refractivity contribution in [3.05, 3.63) is 0 Å². The predicted octanol–water partition coefficient (Wildman–Crippen LogP) is 3.08. The second kappa shape index (κ2) is 7.88. The molecule has 112 valence electrons. The average molecular weight is 268 g/mol. The van der Waals surface area contributed by atoms with Crippen molar-refractivity contribution < 1.29 is 4.79 Å². The lowest BCUT2D eigenvalue weighted by Crippen LogP contribution is -2.31. The van der Waals surface area contributed by atoms with Crippen molar-refractivity contribution in [2.75, 3.05) is 13.1 Å². The van der Waals surface area contributed by atoms with E-state index in [0.29, 0.717) is 18.9 Å². The summed E-state index contributed by atoms with van der Waals surface area (Å²) in [5.41, 5.74) is 5.77. The van der Waals surface area contributed by atoms with E-state index in [4.69, 9.17) is 5.73 Å². The Hall–Kier alpha value is -0.570. The van der Waals surface area contributed by atoms with Gasteiger partial charge in [0.1, 0.15) is 0 Å². The number of nitrogens with one attached hydrogen (secondary N) is 1. The summed E-state index contributed by atoms with van der Waals surface area (Å²) in [4.78, 5) is 11.9. The lowest BCUT2D eigenvalue weighted by atomic mass is 9.83. The molecule has 0 aromatic rings. The lowest BCUT2D eigenvalue weighted by Gasteiger charge is -2.27. The number of carbonyl (C=O) groups is 1. The van der Waals surface area contributed by atoms with Crippen LogP contribution in [-0.2, 0) is 4.79 Å². The molecule has 0 heterocycles. The minimum atomic E-state index is 0.187. The second-order valence-electron chi connectivity index (χ2n) is 7.13. The number of rotatable bonds is 7. The smallest absolute Gasteiger partial charge is 0.220 e. The zero-order valence-electron chi connectivity index (χ0n) is 13.0. The van der Waals surface area contributed by atoms with Crippen LogP contribution in [-0.4, -0.2) is 19.0 Å². The van der Waals surface area contributed by atoms with Crippen molar-refractivity contribution in [3.8, 4) is 0 Å². The Bertz CT molecular complexity index is 268. The summed E-state index contributed by atoms with van der Waals surface area (Å²) in [7, 11) is 0. The van der Waals surface area contributed by atoms with E-state index in [1.807, 2.05) is 0 Å². The molecule has 0 spiro atoms. The van der Waals surface area contributed by atoms with Crippen molar-refractivity contribution in [3.63, 3.8) is 0 Å². The highest BCUT2D eigenvalue weighted by Gasteiger charge is 2.20.